The van der Waals surface area contributed by atoms with Crippen LogP contribution in [-0.4, -0.2) is 49.7 Å². The third-order valence-corrected chi connectivity index (χ3v) is 7.71. The van der Waals surface area contributed by atoms with Gasteiger partial charge in [0.25, 0.3) is 5.91 Å². The third kappa shape index (κ3) is 5.24. The van der Waals surface area contributed by atoms with E-state index in [1.165, 1.54) is 9.87 Å². The first-order chi connectivity index (χ1) is 15.2. The number of nitrogens with one attached hydrogen (secondary N) is 1. The lowest BCUT2D eigenvalue weighted by molar-refractivity contribution is -0.123. The van der Waals surface area contributed by atoms with Gasteiger partial charge in [0.05, 0.1) is 5.75 Å². The van der Waals surface area contributed by atoms with Crippen molar-refractivity contribution in [2.75, 3.05) is 25.4 Å². The topological polar surface area (TPSA) is 84.9 Å². The number of carbonyl (C=O) groups excluding carboxylic acids is 1. The molecule has 0 aliphatic carbocycles. The number of hydrogen-bond donors (Lipinski definition) is 1. The highest BCUT2D eigenvalue weighted by Gasteiger charge is 2.32. The summed E-state index contributed by atoms with van der Waals surface area (Å²) in [5, 5.41) is 2.74. The Morgan fingerprint density at radius 1 is 1.12 bits per heavy atom. The van der Waals surface area contributed by atoms with Crippen molar-refractivity contribution in [3.63, 3.8) is 0 Å². The highest BCUT2D eigenvalue weighted by molar-refractivity contribution is 7.89. The molecule has 0 fully saturated rings. The van der Waals surface area contributed by atoms with Crippen LogP contribution in [0.4, 0.5) is 0 Å². The Hall–Kier alpha value is -2.58. The molecule has 0 spiro atoms. The van der Waals surface area contributed by atoms with Crippen LogP contribution in [0.5, 0.6) is 11.5 Å². The minimum absolute atomic E-state index is 0.00538. The molecule has 4 rings (SSSR count). The molecular weight excluding hydrogens is 428 g/mol. The van der Waals surface area contributed by atoms with Crippen LogP contribution in [0.3, 0.4) is 0 Å². The molecule has 1 N–H and O–H groups in total. The zero-order chi connectivity index (χ0) is 22.8. The molecule has 0 bridgehead atoms. The van der Waals surface area contributed by atoms with Crippen molar-refractivity contribution in [2.45, 2.75) is 45.3 Å². The van der Waals surface area contributed by atoms with E-state index in [0.717, 1.165) is 24.0 Å². The predicted octanol–water partition coefficient (Wildman–Crippen LogP) is 2.67. The van der Waals surface area contributed by atoms with Crippen molar-refractivity contribution in [3.8, 4) is 11.5 Å². The summed E-state index contributed by atoms with van der Waals surface area (Å²) in [7, 11) is -3.36. The molecule has 172 valence electrons. The summed E-state index contributed by atoms with van der Waals surface area (Å²) >= 11 is 0. The van der Waals surface area contributed by atoms with Gasteiger partial charge in [0.1, 0.15) is 5.60 Å². The number of ether oxygens (including phenoxy) is 2. The first-order valence-electron chi connectivity index (χ1n) is 11.0. The molecule has 0 radical (unpaired) electrons. The number of nitrogens with zero attached hydrogens (tertiary/aromatic N) is 1. The van der Waals surface area contributed by atoms with Gasteiger partial charge in [-0.2, -0.15) is 4.31 Å². The molecule has 1 amide bonds. The van der Waals surface area contributed by atoms with E-state index >= 15 is 0 Å². The SMILES string of the molecule is CC1(C)Cc2cccc(OCC(=O)NCCCS(=O)(=O)N3CCc4ccccc4C3)c2O1. The Labute approximate surface area is 189 Å². The second-order valence-corrected chi connectivity index (χ2v) is 11.0. The van der Waals surface area contributed by atoms with Crippen molar-refractivity contribution >= 4 is 15.9 Å². The van der Waals surface area contributed by atoms with E-state index in [-0.39, 0.29) is 30.4 Å². The van der Waals surface area contributed by atoms with Crippen molar-refractivity contribution in [1.29, 1.82) is 0 Å². The number of sulfonamides is 1. The Morgan fingerprint density at radius 3 is 2.69 bits per heavy atom. The fourth-order valence-corrected chi connectivity index (χ4v) is 5.69. The minimum atomic E-state index is -3.36. The molecule has 7 nitrogen and oxygen atoms in total. The van der Waals surface area contributed by atoms with E-state index in [0.29, 0.717) is 31.0 Å². The van der Waals surface area contributed by atoms with Gasteiger partial charge in [-0.1, -0.05) is 36.4 Å². The Kier molecular flexibility index (Phi) is 6.44. The van der Waals surface area contributed by atoms with Crippen molar-refractivity contribution in [1.82, 2.24) is 9.62 Å². The van der Waals surface area contributed by atoms with Crippen LogP contribution < -0.4 is 14.8 Å². The fraction of sp³-hybridized carbons (Fsp3) is 0.458. The van der Waals surface area contributed by atoms with Crippen LogP contribution in [0.15, 0.2) is 42.5 Å². The van der Waals surface area contributed by atoms with Crippen molar-refractivity contribution < 1.29 is 22.7 Å². The van der Waals surface area contributed by atoms with Gasteiger partial charge in [0, 0.05) is 31.6 Å². The number of carbonyl (C=O) groups is 1. The fourth-order valence-electron chi connectivity index (χ4n) is 4.21. The summed E-state index contributed by atoms with van der Waals surface area (Å²) in [6.07, 6.45) is 1.88. The average molecular weight is 459 g/mol. The van der Waals surface area contributed by atoms with Gasteiger partial charge in [-0.25, -0.2) is 8.42 Å². The minimum Gasteiger partial charge on any atom is -0.483 e. The van der Waals surface area contributed by atoms with Crippen LogP contribution in [0.1, 0.15) is 37.0 Å². The van der Waals surface area contributed by atoms with Crippen LogP contribution in [-0.2, 0) is 34.2 Å². The lowest BCUT2D eigenvalue weighted by Gasteiger charge is -2.28. The van der Waals surface area contributed by atoms with Gasteiger partial charge in [-0.15, -0.1) is 0 Å². The van der Waals surface area contributed by atoms with Crippen LogP contribution in [0.2, 0.25) is 0 Å². The molecule has 0 aromatic heterocycles. The summed E-state index contributed by atoms with van der Waals surface area (Å²) in [5.41, 5.74) is 3.06. The molecule has 2 aromatic carbocycles. The number of hydrogen-bond acceptors (Lipinski definition) is 5. The smallest absolute Gasteiger partial charge is 0.257 e. The van der Waals surface area contributed by atoms with E-state index in [9.17, 15) is 13.2 Å². The number of para-hydroxylation sites is 1. The van der Waals surface area contributed by atoms with Gasteiger partial charge in [-0.3, -0.25) is 4.79 Å². The Balaban J connectivity index is 1.20. The summed E-state index contributed by atoms with van der Waals surface area (Å²) < 4.78 is 38.5. The van der Waals surface area contributed by atoms with Gasteiger partial charge >= 0.3 is 0 Å². The first kappa shape index (κ1) is 22.6. The lowest BCUT2D eigenvalue weighted by atomic mass is 10.0. The molecule has 0 saturated carbocycles. The number of fused-ring (bicyclic) bond motifs is 2. The molecule has 0 saturated heterocycles. The van der Waals surface area contributed by atoms with E-state index in [4.69, 9.17) is 9.47 Å². The van der Waals surface area contributed by atoms with Crippen LogP contribution in [0, 0.1) is 0 Å². The van der Waals surface area contributed by atoms with Gasteiger partial charge in [-0.05, 0) is 43.9 Å². The van der Waals surface area contributed by atoms with E-state index in [2.05, 4.69) is 5.32 Å². The van der Waals surface area contributed by atoms with E-state index in [1.54, 1.807) is 6.07 Å². The maximum Gasteiger partial charge on any atom is 0.257 e. The predicted molar refractivity (Wildman–Crippen MR) is 122 cm³/mol. The van der Waals surface area contributed by atoms with Crippen molar-refractivity contribution in [3.05, 3.63) is 59.2 Å². The number of amides is 1. The molecule has 2 heterocycles. The second kappa shape index (κ2) is 9.11. The molecule has 2 aliphatic rings. The molecule has 2 aliphatic heterocycles. The molecule has 0 atom stereocenters. The third-order valence-electron chi connectivity index (χ3n) is 5.80. The number of rotatable bonds is 8. The second-order valence-electron chi connectivity index (χ2n) is 8.94. The Bertz CT molecular complexity index is 1100. The molecule has 8 heteroatoms. The zero-order valence-electron chi connectivity index (χ0n) is 18.6. The van der Waals surface area contributed by atoms with Crippen LogP contribution in [0.25, 0.3) is 0 Å². The highest BCUT2D eigenvalue weighted by Crippen LogP contribution is 2.41. The van der Waals surface area contributed by atoms with E-state index < -0.39 is 10.0 Å². The first-order valence-corrected chi connectivity index (χ1v) is 12.6. The molecular formula is C24H30N2O5S. The van der Waals surface area contributed by atoms with Gasteiger partial charge < -0.3 is 14.8 Å². The van der Waals surface area contributed by atoms with Crippen LogP contribution >= 0.6 is 0 Å². The summed E-state index contributed by atoms with van der Waals surface area (Å²) in [5.74, 6) is 0.964. The standard InChI is InChI=1S/C24H30N2O5S/c1-24(2)15-19-9-5-10-21(23(19)31-24)30-17-22(27)25-12-6-14-32(28,29)26-13-11-18-7-3-4-8-20(18)16-26/h3-5,7-10H,6,11-17H2,1-2H3,(H,25,27). The summed E-state index contributed by atoms with van der Waals surface area (Å²) in [4.78, 5) is 12.2. The normalized spacial score (nSPS) is 17.2. The summed E-state index contributed by atoms with van der Waals surface area (Å²) in [6, 6.07) is 13.6. The zero-order valence-corrected chi connectivity index (χ0v) is 19.4. The number of benzene rings is 2. The monoisotopic (exact) mass is 458 g/mol. The lowest BCUT2D eigenvalue weighted by Crippen LogP contribution is -2.38. The largest absolute Gasteiger partial charge is 0.483 e. The summed E-state index contributed by atoms with van der Waals surface area (Å²) in [6.45, 7) is 5.08. The maximum absolute atomic E-state index is 12.7. The van der Waals surface area contributed by atoms with E-state index in [1.807, 2.05) is 50.2 Å². The highest BCUT2D eigenvalue weighted by atomic mass is 32.2. The molecule has 2 aromatic rings. The molecule has 32 heavy (non-hydrogen) atoms. The average Bonchev–Trinajstić information content (AvgIpc) is 3.09. The van der Waals surface area contributed by atoms with Gasteiger partial charge in [0.2, 0.25) is 10.0 Å². The van der Waals surface area contributed by atoms with Crippen molar-refractivity contribution in [2.24, 2.45) is 0 Å². The Morgan fingerprint density at radius 2 is 1.88 bits per heavy atom. The maximum atomic E-state index is 12.7. The molecule has 0 unspecified atom stereocenters. The quantitative estimate of drug-likeness (QED) is 0.615. The van der Waals surface area contributed by atoms with Gasteiger partial charge in [0.15, 0.2) is 18.1 Å².